The molecule has 2 heterocycles. The van der Waals surface area contributed by atoms with Gasteiger partial charge in [0.1, 0.15) is 12.1 Å². The summed E-state index contributed by atoms with van der Waals surface area (Å²) in [7, 11) is 3.95. The number of fused-ring (bicyclic) bond motifs is 1. The number of piperazine rings is 1. The first kappa shape index (κ1) is 22.5. The number of rotatable bonds is 5. The van der Waals surface area contributed by atoms with Crippen molar-refractivity contribution >= 4 is 45.8 Å². The van der Waals surface area contributed by atoms with Gasteiger partial charge in [-0.25, -0.2) is 9.97 Å². The third-order valence-corrected chi connectivity index (χ3v) is 6.13. The molecule has 0 bridgehead atoms. The normalized spacial score (nSPS) is 14.7. The van der Waals surface area contributed by atoms with E-state index in [0.29, 0.717) is 36.2 Å². The minimum Gasteiger partial charge on any atom is -0.352 e. The molecule has 2 aromatic carbocycles. The maximum Gasteiger partial charge on any atom is 0.246 e. The van der Waals surface area contributed by atoms with Gasteiger partial charge < -0.3 is 14.7 Å². The van der Waals surface area contributed by atoms with Crippen molar-refractivity contribution in [2.45, 2.75) is 0 Å². The van der Waals surface area contributed by atoms with E-state index in [0.717, 1.165) is 34.4 Å². The number of carbonyl (C=O) groups is 1. The third kappa shape index (κ3) is 4.88. The quantitative estimate of drug-likeness (QED) is 0.519. The molecule has 1 aliphatic rings. The number of hydrogen-bond donors (Lipinski definition) is 0. The lowest BCUT2D eigenvalue weighted by atomic mass is 10.0. The summed E-state index contributed by atoms with van der Waals surface area (Å²) in [5.74, 6) is 0.891. The van der Waals surface area contributed by atoms with Gasteiger partial charge in [-0.1, -0.05) is 47.5 Å². The van der Waals surface area contributed by atoms with Crippen LogP contribution in [0.2, 0.25) is 10.0 Å². The molecule has 6 nitrogen and oxygen atoms in total. The van der Waals surface area contributed by atoms with E-state index in [-0.39, 0.29) is 5.91 Å². The van der Waals surface area contributed by atoms with Crippen LogP contribution in [-0.2, 0) is 4.79 Å². The molecule has 0 saturated carbocycles. The van der Waals surface area contributed by atoms with Crippen molar-refractivity contribution in [2.75, 3.05) is 51.7 Å². The number of amides is 1. The van der Waals surface area contributed by atoms with E-state index in [1.807, 2.05) is 66.4 Å². The van der Waals surface area contributed by atoms with Gasteiger partial charge in [0.05, 0.1) is 10.5 Å². The molecule has 1 aliphatic heterocycles. The summed E-state index contributed by atoms with van der Waals surface area (Å²) in [6.45, 7) is 3.42. The average Bonchev–Trinajstić information content (AvgIpc) is 2.78. The monoisotopic (exact) mass is 469 g/mol. The molecule has 0 radical (unpaired) electrons. The summed E-state index contributed by atoms with van der Waals surface area (Å²) in [5, 5.41) is 2.15. The van der Waals surface area contributed by atoms with Crippen LogP contribution >= 0.6 is 23.2 Å². The van der Waals surface area contributed by atoms with Crippen LogP contribution in [0, 0.1) is 0 Å². The number of likely N-dealkylation sites (N-methyl/N-ethyl adjacent to an activating group) is 1. The average molecular weight is 470 g/mol. The molecule has 0 unspecified atom stereocenters. The zero-order valence-corrected chi connectivity index (χ0v) is 19.6. The maximum atomic E-state index is 12.5. The molecule has 0 N–H and O–H groups in total. The smallest absolute Gasteiger partial charge is 0.246 e. The lowest BCUT2D eigenvalue weighted by Gasteiger charge is -2.35. The Kier molecular flexibility index (Phi) is 6.94. The van der Waals surface area contributed by atoms with Gasteiger partial charge in [-0.05, 0) is 32.3 Å². The first-order valence-electron chi connectivity index (χ1n) is 10.5. The number of aromatic nitrogens is 2. The zero-order valence-electron chi connectivity index (χ0n) is 18.1. The summed E-state index contributed by atoms with van der Waals surface area (Å²) >= 11 is 13.0. The third-order valence-electron chi connectivity index (χ3n) is 5.49. The molecule has 8 heteroatoms. The van der Waals surface area contributed by atoms with Gasteiger partial charge in [0, 0.05) is 60.3 Å². The standard InChI is InChI=1S/C24H25Cl2N5O/c1-29(2)9-5-8-23(32)30-10-12-31(13-11-30)24-19-14-18(17-6-3-4-7-20(17)25)21(26)15-22(19)27-16-28-24/h3-8,14-16H,9-13H2,1-2H3. The van der Waals surface area contributed by atoms with E-state index in [1.54, 1.807) is 12.4 Å². The molecular formula is C24H25Cl2N5O. The van der Waals surface area contributed by atoms with Crippen LogP contribution in [0.5, 0.6) is 0 Å². The van der Waals surface area contributed by atoms with Crippen LogP contribution in [-0.4, -0.2) is 72.5 Å². The van der Waals surface area contributed by atoms with Gasteiger partial charge >= 0.3 is 0 Å². The number of nitrogens with zero attached hydrogens (tertiary/aromatic N) is 5. The van der Waals surface area contributed by atoms with Crippen LogP contribution < -0.4 is 4.90 Å². The summed E-state index contributed by atoms with van der Waals surface area (Å²) in [6, 6.07) is 11.5. The Balaban J connectivity index is 1.58. The fraction of sp³-hybridized carbons (Fsp3) is 0.292. The molecule has 1 aromatic heterocycles. The van der Waals surface area contributed by atoms with E-state index >= 15 is 0 Å². The van der Waals surface area contributed by atoms with Crippen molar-refractivity contribution in [3.63, 3.8) is 0 Å². The van der Waals surface area contributed by atoms with Crippen LogP contribution in [0.25, 0.3) is 22.0 Å². The lowest BCUT2D eigenvalue weighted by Crippen LogP contribution is -2.48. The Labute approximate surface area is 198 Å². The Morgan fingerprint density at radius 1 is 1.03 bits per heavy atom. The minimum atomic E-state index is 0.0480. The van der Waals surface area contributed by atoms with Crippen molar-refractivity contribution in [1.29, 1.82) is 0 Å². The van der Waals surface area contributed by atoms with E-state index < -0.39 is 0 Å². The number of anilines is 1. The Bertz CT molecular complexity index is 1160. The van der Waals surface area contributed by atoms with Gasteiger partial charge in [-0.15, -0.1) is 0 Å². The second-order valence-corrected chi connectivity index (χ2v) is 8.82. The second-order valence-electron chi connectivity index (χ2n) is 8.00. The maximum absolute atomic E-state index is 12.5. The highest BCUT2D eigenvalue weighted by atomic mass is 35.5. The van der Waals surface area contributed by atoms with E-state index in [9.17, 15) is 4.79 Å². The highest BCUT2D eigenvalue weighted by molar-refractivity contribution is 6.37. The highest BCUT2D eigenvalue weighted by Crippen LogP contribution is 2.37. The van der Waals surface area contributed by atoms with Gasteiger partial charge in [0.2, 0.25) is 5.91 Å². The molecule has 1 amide bonds. The van der Waals surface area contributed by atoms with Crippen molar-refractivity contribution < 1.29 is 4.79 Å². The molecule has 1 fully saturated rings. The molecule has 4 rings (SSSR count). The van der Waals surface area contributed by atoms with Crippen LogP contribution in [0.1, 0.15) is 0 Å². The van der Waals surface area contributed by atoms with Crippen molar-refractivity contribution in [2.24, 2.45) is 0 Å². The Morgan fingerprint density at radius 2 is 1.78 bits per heavy atom. The van der Waals surface area contributed by atoms with Gasteiger partial charge in [0.25, 0.3) is 0 Å². The summed E-state index contributed by atoms with van der Waals surface area (Å²) in [5.41, 5.74) is 2.50. The van der Waals surface area contributed by atoms with E-state index in [2.05, 4.69) is 14.9 Å². The Hall–Kier alpha value is -2.67. The van der Waals surface area contributed by atoms with Gasteiger partial charge in [-0.3, -0.25) is 4.79 Å². The zero-order chi connectivity index (χ0) is 22.7. The second kappa shape index (κ2) is 9.86. The predicted octanol–water partition coefficient (Wildman–Crippen LogP) is 4.37. The van der Waals surface area contributed by atoms with Crippen LogP contribution in [0.4, 0.5) is 5.82 Å². The number of hydrogen-bond acceptors (Lipinski definition) is 5. The molecule has 0 atom stereocenters. The topological polar surface area (TPSA) is 52.6 Å². The molecule has 3 aromatic rings. The lowest BCUT2D eigenvalue weighted by molar-refractivity contribution is -0.126. The van der Waals surface area contributed by atoms with Crippen LogP contribution in [0.3, 0.4) is 0 Å². The van der Waals surface area contributed by atoms with Crippen molar-refractivity contribution in [1.82, 2.24) is 19.8 Å². The number of halogens is 2. The highest BCUT2D eigenvalue weighted by Gasteiger charge is 2.23. The first-order chi connectivity index (χ1) is 15.4. The minimum absolute atomic E-state index is 0.0480. The molecule has 32 heavy (non-hydrogen) atoms. The summed E-state index contributed by atoms with van der Waals surface area (Å²) in [4.78, 5) is 27.5. The molecular weight excluding hydrogens is 445 g/mol. The van der Waals surface area contributed by atoms with E-state index in [1.165, 1.54) is 0 Å². The molecule has 0 aliphatic carbocycles. The SMILES string of the molecule is CN(C)CC=CC(=O)N1CCN(c2ncnc3cc(Cl)c(-c4ccccc4Cl)cc23)CC1. The van der Waals surface area contributed by atoms with Crippen molar-refractivity contribution in [3.8, 4) is 11.1 Å². The number of benzene rings is 2. The number of carbonyl (C=O) groups excluding carboxylic acids is 1. The largest absolute Gasteiger partial charge is 0.352 e. The van der Waals surface area contributed by atoms with Crippen LogP contribution in [0.15, 0.2) is 54.9 Å². The van der Waals surface area contributed by atoms with E-state index in [4.69, 9.17) is 23.2 Å². The fourth-order valence-electron chi connectivity index (χ4n) is 3.81. The molecule has 1 saturated heterocycles. The molecule has 0 spiro atoms. The molecule has 166 valence electrons. The van der Waals surface area contributed by atoms with Crippen molar-refractivity contribution in [3.05, 3.63) is 64.9 Å². The fourth-order valence-corrected chi connectivity index (χ4v) is 4.31. The van der Waals surface area contributed by atoms with Gasteiger partial charge in [-0.2, -0.15) is 0 Å². The van der Waals surface area contributed by atoms with Gasteiger partial charge in [0.15, 0.2) is 0 Å². The predicted molar refractivity (Wildman–Crippen MR) is 131 cm³/mol. The Morgan fingerprint density at radius 3 is 2.50 bits per heavy atom. The summed E-state index contributed by atoms with van der Waals surface area (Å²) in [6.07, 6.45) is 5.12. The summed E-state index contributed by atoms with van der Waals surface area (Å²) < 4.78 is 0. The first-order valence-corrected chi connectivity index (χ1v) is 11.2.